The van der Waals surface area contributed by atoms with E-state index in [1.807, 2.05) is 45.0 Å². The normalized spacial score (nSPS) is 12.0. The Morgan fingerprint density at radius 1 is 1.19 bits per heavy atom. The van der Waals surface area contributed by atoms with E-state index in [1.165, 1.54) is 0 Å². The molecule has 0 spiro atoms. The largest absolute Gasteiger partial charge is 0.492 e. The minimum atomic E-state index is 0.0260. The average molecular weight is 324 g/mol. The van der Waals surface area contributed by atoms with Gasteiger partial charge in [-0.05, 0) is 50.1 Å². The van der Waals surface area contributed by atoms with Crippen LogP contribution in [0.1, 0.15) is 31.0 Å². The van der Waals surface area contributed by atoms with Crippen molar-refractivity contribution in [3.05, 3.63) is 57.6 Å². The molecule has 2 nitrogen and oxygen atoms in total. The molecule has 21 heavy (non-hydrogen) atoms. The molecule has 1 N–H and O–H groups in total. The fourth-order valence-electron chi connectivity index (χ4n) is 2.19. The van der Waals surface area contributed by atoms with Crippen LogP contribution in [0, 0.1) is 6.92 Å². The van der Waals surface area contributed by atoms with Gasteiger partial charge < -0.3 is 10.1 Å². The number of rotatable bonds is 5. The predicted octanol–water partition coefficient (Wildman–Crippen LogP) is 5.87. The summed E-state index contributed by atoms with van der Waals surface area (Å²) in [7, 11) is 0. The summed E-state index contributed by atoms with van der Waals surface area (Å²) in [6, 6.07) is 11.8. The Morgan fingerprint density at radius 2 is 1.95 bits per heavy atom. The van der Waals surface area contributed by atoms with Gasteiger partial charge in [0.25, 0.3) is 0 Å². The van der Waals surface area contributed by atoms with Gasteiger partial charge in [-0.25, -0.2) is 0 Å². The number of nitrogens with one attached hydrogen (secondary N) is 1. The van der Waals surface area contributed by atoms with E-state index in [2.05, 4.69) is 11.4 Å². The van der Waals surface area contributed by atoms with Crippen LogP contribution in [-0.4, -0.2) is 6.61 Å². The van der Waals surface area contributed by atoms with Crippen LogP contribution < -0.4 is 10.1 Å². The Balaban J connectivity index is 2.27. The van der Waals surface area contributed by atoms with Gasteiger partial charge in [0.05, 0.1) is 28.4 Å². The summed E-state index contributed by atoms with van der Waals surface area (Å²) in [6.07, 6.45) is 0. The second kappa shape index (κ2) is 7.06. The van der Waals surface area contributed by atoms with E-state index in [1.54, 1.807) is 6.07 Å². The van der Waals surface area contributed by atoms with Gasteiger partial charge in [0.15, 0.2) is 0 Å². The number of benzene rings is 2. The van der Waals surface area contributed by atoms with Crippen LogP contribution in [0.2, 0.25) is 10.0 Å². The van der Waals surface area contributed by atoms with Gasteiger partial charge in [-0.3, -0.25) is 0 Å². The highest BCUT2D eigenvalue weighted by molar-refractivity contribution is 6.42. The first-order chi connectivity index (χ1) is 10.0. The van der Waals surface area contributed by atoms with Crippen molar-refractivity contribution in [2.75, 3.05) is 11.9 Å². The number of hydrogen-bond acceptors (Lipinski definition) is 2. The van der Waals surface area contributed by atoms with Gasteiger partial charge in [0.2, 0.25) is 0 Å². The van der Waals surface area contributed by atoms with Crippen molar-refractivity contribution < 1.29 is 4.74 Å². The zero-order valence-electron chi connectivity index (χ0n) is 12.4. The van der Waals surface area contributed by atoms with E-state index in [9.17, 15) is 0 Å². The lowest BCUT2D eigenvalue weighted by molar-refractivity contribution is 0.341. The Bertz CT molecular complexity index is 628. The lowest BCUT2D eigenvalue weighted by Crippen LogP contribution is -2.09. The fraction of sp³-hybridized carbons (Fsp3) is 0.294. The van der Waals surface area contributed by atoms with E-state index >= 15 is 0 Å². The Morgan fingerprint density at radius 3 is 2.67 bits per heavy atom. The number of aryl methyl sites for hydroxylation is 1. The van der Waals surface area contributed by atoms with Gasteiger partial charge >= 0.3 is 0 Å². The van der Waals surface area contributed by atoms with Crippen LogP contribution in [0.5, 0.6) is 5.75 Å². The van der Waals surface area contributed by atoms with Gasteiger partial charge in [0, 0.05) is 0 Å². The van der Waals surface area contributed by atoms with Gasteiger partial charge in [-0.15, -0.1) is 0 Å². The van der Waals surface area contributed by atoms with E-state index in [0.29, 0.717) is 16.7 Å². The lowest BCUT2D eigenvalue weighted by atomic mass is 10.1. The summed E-state index contributed by atoms with van der Waals surface area (Å²) in [6.45, 7) is 6.70. The molecule has 2 rings (SSSR count). The van der Waals surface area contributed by atoms with E-state index in [4.69, 9.17) is 27.9 Å². The van der Waals surface area contributed by atoms with Crippen LogP contribution in [-0.2, 0) is 0 Å². The molecule has 1 unspecified atom stereocenters. The summed E-state index contributed by atoms with van der Waals surface area (Å²) in [5.41, 5.74) is 3.08. The minimum Gasteiger partial charge on any atom is -0.492 e. The van der Waals surface area contributed by atoms with Crippen LogP contribution in [0.4, 0.5) is 5.69 Å². The molecule has 0 aliphatic rings. The van der Waals surface area contributed by atoms with Crippen molar-refractivity contribution in [1.82, 2.24) is 0 Å². The van der Waals surface area contributed by atoms with Crippen molar-refractivity contribution >= 4 is 28.9 Å². The van der Waals surface area contributed by atoms with Crippen LogP contribution in [0.15, 0.2) is 36.4 Å². The Labute approximate surface area is 136 Å². The summed E-state index contributed by atoms with van der Waals surface area (Å²) in [5, 5.41) is 4.59. The van der Waals surface area contributed by atoms with E-state index < -0.39 is 0 Å². The predicted molar refractivity (Wildman–Crippen MR) is 90.8 cm³/mol. The number of ether oxygens (including phenoxy) is 1. The number of halogens is 2. The third-order valence-electron chi connectivity index (χ3n) is 3.26. The summed E-state index contributed by atoms with van der Waals surface area (Å²) in [5.74, 6) is 0.850. The molecule has 0 aromatic heterocycles. The smallest absolute Gasteiger partial charge is 0.142 e. The lowest BCUT2D eigenvalue weighted by Gasteiger charge is -2.20. The number of anilines is 1. The highest BCUT2D eigenvalue weighted by Crippen LogP contribution is 2.34. The molecule has 1 atom stereocenters. The zero-order chi connectivity index (χ0) is 15.4. The first-order valence-electron chi connectivity index (χ1n) is 6.96. The zero-order valence-corrected chi connectivity index (χ0v) is 13.9. The molecule has 0 saturated heterocycles. The molecular weight excluding hydrogens is 305 g/mol. The molecule has 2 aromatic rings. The topological polar surface area (TPSA) is 21.3 Å². The maximum Gasteiger partial charge on any atom is 0.142 e. The highest BCUT2D eigenvalue weighted by atomic mass is 35.5. The molecule has 0 heterocycles. The monoisotopic (exact) mass is 323 g/mol. The molecule has 0 amide bonds. The Hall–Kier alpha value is -1.38. The van der Waals surface area contributed by atoms with Crippen LogP contribution in [0.3, 0.4) is 0 Å². The summed E-state index contributed by atoms with van der Waals surface area (Å²) < 4.78 is 5.69. The second-order valence-electron chi connectivity index (χ2n) is 4.94. The molecule has 2 aromatic carbocycles. The highest BCUT2D eigenvalue weighted by Gasteiger charge is 2.13. The average Bonchev–Trinajstić information content (AvgIpc) is 2.45. The van der Waals surface area contributed by atoms with Crippen molar-refractivity contribution in [3.8, 4) is 5.75 Å². The molecule has 4 heteroatoms. The van der Waals surface area contributed by atoms with Crippen molar-refractivity contribution in [2.45, 2.75) is 26.8 Å². The van der Waals surface area contributed by atoms with E-state index in [-0.39, 0.29) is 6.04 Å². The maximum absolute atomic E-state index is 6.28. The Kier molecular flexibility index (Phi) is 5.38. The third kappa shape index (κ3) is 3.84. The van der Waals surface area contributed by atoms with Gasteiger partial charge in [0.1, 0.15) is 5.75 Å². The third-order valence-corrected chi connectivity index (χ3v) is 4.09. The minimum absolute atomic E-state index is 0.0260. The first-order valence-corrected chi connectivity index (χ1v) is 7.72. The summed E-state index contributed by atoms with van der Waals surface area (Å²) >= 11 is 12.4. The second-order valence-corrected chi connectivity index (χ2v) is 5.73. The van der Waals surface area contributed by atoms with Crippen LogP contribution in [0.25, 0.3) is 0 Å². The van der Waals surface area contributed by atoms with Gasteiger partial charge in [-0.2, -0.15) is 0 Å². The maximum atomic E-state index is 6.28. The molecule has 112 valence electrons. The SMILES string of the molecule is CCOc1cc(C)ccc1NC(C)c1cccc(Cl)c1Cl. The van der Waals surface area contributed by atoms with Crippen molar-refractivity contribution in [1.29, 1.82) is 0 Å². The van der Waals surface area contributed by atoms with E-state index in [0.717, 1.165) is 22.6 Å². The first kappa shape index (κ1) is 16.0. The fourth-order valence-corrected chi connectivity index (χ4v) is 2.66. The van der Waals surface area contributed by atoms with Crippen LogP contribution >= 0.6 is 23.2 Å². The molecule has 0 saturated carbocycles. The van der Waals surface area contributed by atoms with Gasteiger partial charge in [-0.1, -0.05) is 41.4 Å². The number of hydrogen-bond donors (Lipinski definition) is 1. The van der Waals surface area contributed by atoms with Crippen molar-refractivity contribution in [3.63, 3.8) is 0 Å². The molecule has 0 fully saturated rings. The van der Waals surface area contributed by atoms with Crippen molar-refractivity contribution in [2.24, 2.45) is 0 Å². The molecule has 0 aliphatic carbocycles. The molecular formula is C17H19Cl2NO. The molecule has 0 radical (unpaired) electrons. The molecule has 0 bridgehead atoms. The molecule has 0 aliphatic heterocycles. The summed E-state index contributed by atoms with van der Waals surface area (Å²) in [4.78, 5) is 0. The standard InChI is InChI=1S/C17H19Cl2NO/c1-4-21-16-10-11(2)8-9-15(16)20-12(3)13-6-5-7-14(18)17(13)19/h5-10,12,20H,4H2,1-3H3. The quantitative estimate of drug-likeness (QED) is 0.742.